The van der Waals surface area contributed by atoms with Crippen molar-refractivity contribution in [2.75, 3.05) is 11.4 Å². The summed E-state index contributed by atoms with van der Waals surface area (Å²) in [5.74, 6) is 0. The van der Waals surface area contributed by atoms with Crippen LogP contribution in [0.25, 0.3) is 0 Å². The zero-order chi connectivity index (χ0) is 13.4. The highest BCUT2D eigenvalue weighted by molar-refractivity contribution is 5.59. The maximum absolute atomic E-state index is 6.24. The lowest BCUT2D eigenvalue weighted by Crippen LogP contribution is -2.38. The second-order valence-corrected chi connectivity index (χ2v) is 5.32. The minimum atomic E-state index is 0.0651. The molecule has 0 saturated heterocycles. The van der Waals surface area contributed by atoms with Crippen molar-refractivity contribution in [2.24, 2.45) is 12.8 Å². The lowest BCUT2D eigenvalue weighted by Gasteiger charge is -2.32. The third kappa shape index (κ3) is 2.12. The van der Waals surface area contributed by atoms with E-state index < -0.39 is 0 Å². The van der Waals surface area contributed by atoms with Crippen LogP contribution in [0.15, 0.2) is 36.7 Å². The molecule has 1 aliphatic rings. The molecule has 2 heterocycles. The normalized spacial score (nSPS) is 17.3. The number of nitrogens with zero attached hydrogens (tertiary/aromatic N) is 3. The van der Waals surface area contributed by atoms with E-state index in [0.717, 1.165) is 13.0 Å². The van der Waals surface area contributed by atoms with Gasteiger partial charge in [0.2, 0.25) is 0 Å². The number of anilines is 1. The third-order valence-electron chi connectivity index (χ3n) is 3.82. The molecule has 100 valence electrons. The van der Waals surface area contributed by atoms with E-state index in [4.69, 9.17) is 5.73 Å². The lowest BCUT2D eigenvalue weighted by atomic mass is 10.0. The van der Waals surface area contributed by atoms with Crippen molar-refractivity contribution in [3.05, 3.63) is 47.8 Å². The second kappa shape index (κ2) is 4.70. The molecule has 0 aliphatic carbocycles. The second-order valence-electron chi connectivity index (χ2n) is 5.32. The average molecular weight is 256 g/mol. The predicted octanol–water partition coefficient (Wildman–Crippen LogP) is 1.87. The lowest BCUT2D eigenvalue weighted by molar-refractivity contribution is 0.541. The number of nitrogens with two attached hydrogens (primary N) is 1. The van der Waals surface area contributed by atoms with E-state index in [-0.39, 0.29) is 12.1 Å². The molecule has 1 aliphatic heterocycles. The number of aryl methyl sites for hydroxylation is 1. The summed E-state index contributed by atoms with van der Waals surface area (Å²) < 4.78 is 1.84. The van der Waals surface area contributed by atoms with Gasteiger partial charge in [0.15, 0.2) is 0 Å². The number of rotatable bonds is 3. The monoisotopic (exact) mass is 256 g/mol. The molecule has 0 radical (unpaired) electrons. The van der Waals surface area contributed by atoms with E-state index in [2.05, 4.69) is 47.4 Å². The first kappa shape index (κ1) is 12.2. The van der Waals surface area contributed by atoms with Crippen molar-refractivity contribution in [2.45, 2.75) is 25.4 Å². The fourth-order valence-corrected chi connectivity index (χ4v) is 3.01. The van der Waals surface area contributed by atoms with Crippen LogP contribution in [0.3, 0.4) is 0 Å². The molecule has 1 aromatic heterocycles. The summed E-state index contributed by atoms with van der Waals surface area (Å²) in [4.78, 5) is 2.41. The first-order valence-corrected chi connectivity index (χ1v) is 6.75. The largest absolute Gasteiger partial charge is 0.362 e. The van der Waals surface area contributed by atoms with Gasteiger partial charge in [0.25, 0.3) is 0 Å². The topological polar surface area (TPSA) is 47.1 Å². The molecule has 1 aromatic carbocycles. The van der Waals surface area contributed by atoms with Crippen LogP contribution < -0.4 is 10.6 Å². The smallest absolute Gasteiger partial charge is 0.0721 e. The quantitative estimate of drug-likeness (QED) is 0.912. The van der Waals surface area contributed by atoms with Crippen LogP contribution in [0, 0.1) is 0 Å². The van der Waals surface area contributed by atoms with E-state index in [0.29, 0.717) is 0 Å². The van der Waals surface area contributed by atoms with Gasteiger partial charge in [0, 0.05) is 37.1 Å². The van der Waals surface area contributed by atoms with E-state index in [1.54, 1.807) is 0 Å². The van der Waals surface area contributed by atoms with Crippen molar-refractivity contribution in [1.82, 2.24) is 9.78 Å². The summed E-state index contributed by atoms with van der Waals surface area (Å²) in [6, 6.07) is 8.85. The van der Waals surface area contributed by atoms with Crippen molar-refractivity contribution < 1.29 is 0 Å². The standard InChI is InChI=1S/C15H20N4/c1-11(16)15(13-9-17-18(2)10-13)19-8-7-12-5-3-4-6-14(12)19/h3-6,9-11,15H,7-8,16H2,1-2H3. The fourth-order valence-electron chi connectivity index (χ4n) is 3.01. The number of fused-ring (bicyclic) bond motifs is 1. The van der Waals surface area contributed by atoms with Gasteiger partial charge < -0.3 is 10.6 Å². The highest BCUT2D eigenvalue weighted by Gasteiger charge is 2.30. The molecule has 19 heavy (non-hydrogen) atoms. The highest BCUT2D eigenvalue weighted by atomic mass is 15.3. The molecule has 0 amide bonds. The number of para-hydroxylation sites is 1. The van der Waals surface area contributed by atoms with Crippen LogP contribution >= 0.6 is 0 Å². The zero-order valence-electron chi connectivity index (χ0n) is 11.5. The van der Waals surface area contributed by atoms with E-state index in [9.17, 15) is 0 Å². The summed E-state index contributed by atoms with van der Waals surface area (Å²) in [5, 5.41) is 4.28. The van der Waals surface area contributed by atoms with Gasteiger partial charge in [-0.05, 0) is 25.0 Å². The van der Waals surface area contributed by atoms with Gasteiger partial charge in [-0.25, -0.2) is 0 Å². The van der Waals surface area contributed by atoms with Crippen molar-refractivity contribution in [3.8, 4) is 0 Å². The molecule has 3 rings (SSSR count). The molecule has 4 heteroatoms. The molecule has 0 bridgehead atoms. The SMILES string of the molecule is CC(N)C(c1cnn(C)c1)N1CCc2ccccc21. The van der Waals surface area contributed by atoms with E-state index in [1.165, 1.54) is 16.8 Å². The van der Waals surface area contributed by atoms with Crippen LogP contribution in [0.2, 0.25) is 0 Å². The van der Waals surface area contributed by atoms with Crippen LogP contribution in [-0.4, -0.2) is 22.4 Å². The highest BCUT2D eigenvalue weighted by Crippen LogP contribution is 2.35. The molecule has 0 fully saturated rings. The maximum atomic E-state index is 6.24. The molecular weight excluding hydrogens is 236 g/mol. The van der Waals surface area contributed by atoms with Gasteiger partial charge in [-0.3, -0.25) is 4.68 Å². The fraction of sp³-hybridized carbons (Fsp3) is 0.400. The van der Waals surface area contributed by atoms with Crippen molar-refractivity contribution >= 4 is 5.69 Å². The van der Waals surface area contributed by atoms with Crippen LogP contribution in [0.1, 0.15) is 24.1 Å². The number of hydrogen-bond acceptors (Lipinski definition) is 3. The van der Waals surface area contributed by atoms with E-state index >= 15 is 0 Å². The summed E-state index contributed by atoms with van der Waals surface area (Å²) >= 11 is 0. The summed E-state index contributed by atoms with van der Waals surface area (Å²) in [6.07, 6.45) is 5.09. The molecule has 2 aromatic rings. The Morgan fingerprint density at radius 1 is 1.32 bits per heavy atom. The Hall–Kier alpha value is -1.81. The number of hydrogen-bond donors (Lipinski definition) is 1. The van der Waals surface area contributed by atoms with Crippen LogP contribution in [-0.2, 0) is 13.5 Å². The van der Waals surface area contributed by atoms with Crippen LogP contribution in [0.4, 0.5) is 5.69 Å². The van der Waals surface area contributed by atoms with Gasteiger partial charge in [0.05, 0.1) is 12.2 Å². The number of benzene rings is 1. The first-order valence-electron chi connectivity index (χ1n) is 6.75. The summed E-state index contributed by atoms with van der Waals surface area (Å²) in [6.45, 7) is 3.10. The Kier molecular flexibility index (Phi) is 3.03. The Bertz CT molecular complexity index is 573. The van der Waals surface area contributed by atoms with Crippen LogP contribution in [0.5, 0.6) is 0 Å². The number of aromatic nitrogens is 2. The van der Waals surface area contributed by atoms with Gasteiger partial charge in [0.1, 0.15) is 0 Å². The summed E-state index contributed by atoms with van der Waals surface area (Å²) in [5.41, 5.74) is 10.2. The molecule has 4 nitrogen and oxygen atoms in total. The molecule has 0 saturated carbocycles. The third-order valence-corrected chi connectivity index (χ3v) is 3.82. The zero-order valence-corrected chi connectivity index (χ0v) is 11.5. The van der Waals surface area contributed by atoms with Gasteiger partial charge >= 0.3 is 0 Å². The minimum absolute atomic E-state index is 0.0651. The average Bonchev–Trinajstić information content (AvgIpc) is 2.98. The molecular formula is C15H20N4. The van der Waals surface area contributed by atoms with Crippen molar-refractivity contribution in [1.29, 1.82) is 0 Å². The molecule has 2 atom stereocenters. The Morgan fingerprint density at radius 3 is 2.79 bits per heavy atom. The Morgan fingerprint density at radius 2 is 2.11 bits per heavy atom. The predicted molar refractivity (Wildman–Crippen MR) is 77.1 cm³/mol. The van der Waals surface area contributed by atoms with Gasteiger partial charge in [-0.1, -0.05) is 18.2 Å². The molecule has 2 unspecified atom stereocenters. The Balaban J connectivity index is 1.99. The van der Waals surface area contributed by atoms with Gasteiger partial charge in [-0.15, -0.1) is 0 Å². The first-order chi connectivity index (χ1) is 9.16. The molecule has 0 spiro atoms. The Labute approximate surface area is 113 Å². The van der Waals surface area contributed by atoms with Gasteiger partial charge in [-0.2, -0.15) is 5.10 Å². The molecule has 2 N–H and O–H groups in total. The maximum Gasteiger partial charge on any atom is 0.0721 e. The van der Waals surface area contributed by atoms with E-state index in [1.807, 2.05) is 17.9 Å². The summed E-state index contributed by atoms with van der Waals surface area (Å²) in [7, 11) is 1.94. The minimum Gasteiger partial charge on any atom is -0.362 e. The van der Waals surface area contributed by atoms with Crippen molar-refractivity contribution in [3.63, 3.8) is 0 Å².